The molecule has 14 heavy (non-hydrogen) atoms. The lowest BCUT2D eigenvalue weighted by Gasteiger charge is -2.32. The number of amides is 1. The SMILES string of the molecule is CC(C)N(C)C(=O)[C@H]1CCN[C@@H](C)C1. The zero-order chi connectivity index (χ0) is 10.7. The summed E-state index contributed by atoms with van der Waals surface area (Å²) in [4.78, 5) is 13.8. The van der Waals surface area contributed by atoms with Crippen molar-refractivity contribution in [3.05, 3.63) is 0 Å². The average Bonchev–Trinajstić information content (AvgIpc) is 2.15. The van der Waals surface area contributed by atoms with E-state index in [1.54, 1.807) is 0 Å². The van der Waals surface area contributed by atoms with E-state index in [2.05, 4.69) is 26.1 Å². The van der Waals surface area contributed by atoms with Gasteiger partial charge in [0.1, 0.15) is 0 Å². The van der Waals surface area contributed by atoms with E-state index in [1.807, 2.05) is 11.9 Å². The molecule has 0 unspecified atom stereocenters. The summed E-state index contributed by atoms with van der Waals surface area (Å²) in [5, 5.41) is 3.36. The molecule has 0 aromatic rings. The third kappa shape index (κ3) is 2.71. The topological polar surface area (TPSA) is 32.3 Å². The Balaban J connectivity index is 2.51. The Labute approximate surface area is 86.9 Å². The van der Waals surface area contributed by atoms with Gasteiger partial charge in [-0.05, 0) is 40.2 Å². The van der Waals surface area contributed by atoms with Crippen LogP contribution in [0.2, 0.25) is 0 Å². The summed E-state index contributed by atoms with van der Waals surface area (Å²) < 4.78 is 0. The second kappa shape index (κ2) is 4.78. The van der Waals surface area contributed by atoms with Crippen LogP contribution >= 0.6 is 0 Å². The molecule has 0 aromatic carbocycles. The Morgan fingerprint density at radius 1 is 1.50 bits per heavy atom. The van der Waals surface area contributed by atoms with Gasteiger partial charge < -0.3 is 10.2 Å². The zero-order valence-electron chi connectivity index (χ0n) is 9.71. The maximum Gasteiger partial charge on any atom is 0.225 e. The smallest absolute Gasteiger partial charge is 0.225 e. The highest BCUT2D eigenvalue weighted by atomic mass is 16.2. The third-order valence-corrected chi connectivity index (χ3v) is 3.10. The van der Waals surface area contributed by atoms with Crippen LogP contribution in [0.15, 0.2) is 0 Å². The van der Waals surface area contributed by atoms with Gasteiger partial charge in [-0.25, -0.2) is 0 Å². The summed E-state index contributed by atoms with van der Waals surface area (Å²) in [6.45, 7) is 7.24. The molecule has 1 rings (SSSR count). The fraction of sp³-hybridized carbons (Fsp3) is 0.909. The zero-order valence-corrected chi connectivity index (χ0v) is 9.71. The van der Waals surface area contributed by atoms with E-state index in [9.17, 15) is 4.79 Å². The van der Waals surface area contributed by atoms with Crippen molar-refractivity contribution in [3.63, 3.8) is 0 Å². The Kier molecular flexibility index (Phi) is 3.93. The number of hydrogen-bond acceptors (Lipinski definition) is 2. The summed E-state index contributed by atoms with van der Waals surface area (Å²) in [5.41, 5.74) is 0. The second-order valence-electron chi connectivity index (χ2n) is 4.62. The van der Waals surface area contributed by atoms with E-state index in [-0.39, 0.29) is 5.92 Å². The molecule has 1 aliphatic heterocycles. The fourth-order valence-corrected chi connectivity index (χ4v) is 1.90. The summed E-state index contributed by atoms with van der Waals surface area (Å²) in [7, 11) is 1.90. The molecule has 1 aliphatic rings. The van der Waals surface area contributed by atoms with Gasteiger partial charge in [0.15, 0.2) is 0 Å². The van der Waals surface area contributed by atoms with Gasteiger partial charge in [0.05, 0.1) is 0 Å². The predicted octanol–water partition coefficient (Wildman–Crippen LogP) is 1.24. The molecule has 3 heteroatoms. The highest BCUT2D eigenvalue weighted by molar-refractivity contribution is 5.79. The highest BCUT2D eigenvalue weighted by Crippen LogP contribution is 2.18. The van der Waals surface area contributed by atoms with Crippen LogP contribution in [0, 0.1) is 5.92 Å². The van der Waals surface area contributed by atoms with Crippen molar-refractivity contribution in [2.75, 3.05) is 13.6 Å². The first kappa shape index (κ1) is 11.5. The number of piperidine rings is 1. The Hall–Kier alpha value is -0.570. The van der Waals surface area contributed by atoms with Crippen LogP contribution in [-0.2, 0) is 4.79 Å². The summed E-state index contributed by atoms with van der Waals surface area (Å²) in [6, 6.07) is 0.797. The van der Waals surface area contributed by atoms with Crippen LogP contribution in [-0.4, -0.2) is 36.5 Å². The molecule has 1 amide bonds. The van der Waals surface area contributed by atoms with Crippen molar-refractivity contribution in [2.24, 2.45) is 5.92 Å². The molecule has 1 saturated heterocycles. The van der Waals surface area contributed by atoms with Crippen molar-refractivity contribution < 1.29 is 4.79 Å². The minimum absolute atomic E-state index is 0.235. The van der Waals surface area contributed by atoms with Gasteiger partial charge >= 0.3 is 0 Å². The van der Waals surface area contributed by atoms with E-state index < -0.39 is 0 Å². The van der Waals surface area contributed by atoms with Crippen LogP contribution in [0.3, 0.4) is 0 Å². The molecule has 2 atom stereocenters. The van der Waals surface area contributed by atoms with E-state index >= 15 is 0 Å². The molecule has 1 heterocycles. The molecular weight excluding hydrogens is 176 g/mol. The molecule has 0 saturated carbocycles. The first-order valence-electron chi connectivity index (χ1n) is 5.52. The molecule has 0 radical (unpaired) electrons. The maximum atomic E-state index is 12.0. The van der Waals surface area contributed by atoms with Crippen molar-refractivity contribution in [1.29, 1.82) is 0 Å². The molecule has 0 aliphatic carbocycles. The molecule has 82 valence electrons. The van der Waals surface area contributed by atoms with E-state index in [1.165, 1.54) is 0 Å². The van der Waals surface area contributed by atoms with Gasteiger partial charge in [0, 0.05) is 25.0 Å². The lowest BCUT2D eigenvalue weighted by Crippen LogP contribution is -2.44. The Morgan fingerprint density at radius 3 is 2.64 bits per heavy atom. The Morgan fingerprint density at radius 2 is 2.14 bits per heavy atom. The minimum atomic E-state index is 0.235. The van der Waals surface area contributed by atoms with Crippen molar-refractivity contribution >= 4 is 5.91 Å². The summed E-state index contributed by atoms with van der Waals surface area (Å²) >= 11 is 0. The average molecular weight is 198 g/mol. The number of carbonyl (C=O) groups is 1. The predicted molar refractivity (Wildman–Crippen MR) is 58.1 cm³/mol. The monoisotopic (exact) mass is 198 g/mol. The van der Waals surface area contributed by atoms with Crippen LogP contribution < -0.4 is 5.32 Å². The molecule has 1 N–H and O–H groups in total. The normalized spacial score (nSPS) is 27.8. The Bertz CT molecular complexity index is 203. The van der Waals surface area contributed by atoms with Gasteiger partial charge in [-0.1, -0.05) is 0 Å². The number of rotatable bonds is 2. The molecule has 0 spiro atoms. The highest BCUT2D eigenvalue weighted by Gasteiger charge is 2.27. The van der Waals surface area contributed by atoms with Crippen LogP contribution in [0.5, 0.6) is 0 Å². The van der Waals surface area contributed by atoms with Gasteiger partial charge in [0.2, 0.25) is 5.91 Å². The van der Waals surface area contributed by atoms with Gasteiger partial charge in [-0.2, -0.15) is 0 Å². The van der Waals surface area contributed by atoms with E-state index in [4.69, 9.17) is 0 Å². The first-order chi connectivity index (χ1) is 6.52. The standard InChI is InChI=1S/C11H22N2O/c1-8(2)13(4)11(14)10-5-6-12-9(3)7-10/h8-10,12H,5-7H2,1-4H3/t9-,10-/m0/s1. The largest absolute Gasteiger partial charge is 0.343 e. The maximum absolute atomic E-state index is 12.0. The quantitative estimate of drug-likeness (QED) is 0.724. The van der Waals surface area contributed by atoms with E-state index in [0.29, 0.717) is 18.0 Å². The van der Waals surface area contributed by atoms with E-state index in [0.717, 1.165) is 19.4 Å². The second-order valence-corrected chi connectivity index (χ2v) is 4.62. The van der Waals surface area contributed by atoms with Crippen LogP contribution in [0.25, 0.3) is 0 Å². The first-order valence-corrected chi connectivity index (χ1v) is 5.52. The lowest BCUT2D eigenvalue weighted by molar-refractivity contribution is -0.136. The molecule has 0 bridgehead atoms. The summed E-state index contributed by atoms with van der Waals surface area (Å²) in [6.07, 6.45) is 1.97. The summed E-state index contributed by atoms with van der Waals surface area (Å²) in [5.74, 6) is 0.548. The third-order valence-electron chi connectivity index (χ3n) is 3.10. The molecular formula is C11H22N2O. The van der Waals surface area contributed by atoms with Crippen LogP contribution in [0.4, 0.5) is 0 Å². The van der Waals surface area contributed by atoms with Crippen molar-refractivity contribution in [1.82, 2.24) is 10.2 Å². The van der Waals surface area contributed by atoms with Crippen molar-refractivity contribution in [3.8, 4) is 0 Å². The number of nitrogens with zero attached hydrogens (tertiary/aromatic N) is 1. The molecule has 0 aromatic heterocycles. The number of carbonyl (C=O) groups excluding carboxylic acids is 1. The fourth-order valence-electron chi connectivity index (χ4n) is 1.90. The molecule has 1 fully saturated rings. The van der Waals surface area contributed by atoms with Crippen LogP contribution in [0.1, 0.15) is 33.6 Å². The minimum Gasteiger partial charge on any atom is -0.343 e. The lowest BCUT2D eigenvalue weighted by atomic mass is 9.92. The van der Waals surface area contributed by atoms with Gasteiger partial charge in [0.25, 0.3) is 0 Å². The molecule has 3 nitrogen and oxygen atoms in total. The number of nitrogens with one attached hydrogen (secondary N) is 1. The van der Waals surface area contributed by atoms with Gasteiger partial charge in [-0.3, -0.25) is 4.79 Å². The number of hydrogen-bond donors (Lipinski definition) is 1. The van der Waals surface area contributed by atoms with Gasteiger partial charge in [-0.15, -0.1) is 0 Å². The van der Waals surface area contributed by atoms with Crippen molar-refractivity contribution in [2.45, 2.75) is 45.7 Å².